The number of carbonyl (C=O) groups is 2. The predicted molar refractivity (Wildman–Crippen MR) is 92.9 cm³/mol. The number of H-pyrrole nitrogens is 1. The van der Waals surface area contributed by atoms with Crippen LogP contribution in [0, 0.1) is 0 Å². The zero-order valence-electron chi connectivity index (χ0n) is 14.4. The Kier molecular flexibility index (Phi) is 4.15. The van der Waals surface area contributed by atoms with Crippen LogP contribution in [0.3, 0.4) is 0 Å². The van der Waals surface area contributed by atoms with Crippen LogP contribution < -0.4 is 0 Å². The van der Waals surface area contributed by atoms with E-state index in [1.54, 1.807) is 18.0 Å². The summed E-state index contributed by atoms with van der Waals surface area (Å²) < 4.78 is 0. The van der Waals surface area contributed by atoms with Crippen molar-refractivity contribution in [3.63, 3.8) is 0 Å². The van der Waals surface area contributed by atoms with Gasteiger partial charge in [-0.2, -0.15) is 0 Å². The number of carbonyl (C=O) groups excluding carboxylic acids is 2. The zero-order chi connectivity index (χ0) is 17.4. The first-order valence-electron chi connectivity index (χ1n) is 9.00. The molecule has 2 aliphatic heterocycles. The van der Waals surface area contributed by atoms with Crippen molar-refractivity contribution in [2.24, 2.45) is 0 Å². The van der Waals surface area contributed by atoms with E-state index in [0.29, 0.717) is 13.1 Å². The van der Waals surface area contributed by atoms with Gasteiger partial charge in [0.1, 0.15) is 11.9 Å². The molecule has 2 aliphatic rings. The van der Waals surface area contributed by atoms with Gasteiger partial charge in [-0.1, -0.05) is 0 Å². The third-order valence-electron chi connectivity index (χ3n) is 5.34. The van der Waals surface area contributed by atoms with Crippen molar-refractivity contribution in [2.75, 3.05) is 19.6 Å². The Labute approximate surface area is 146 Å². The first kappa shape index (κ1) is 16.1. The summed E-state index contributed by atoms with van der Waals surface area (Å²) >= 11 is 0. The molecule has 0 saturated carbocycles. The maximum Gasteiger partial charge on any atom is 0.245 e. The fraction of sp³-hybridized carbons (Fsp3) is 0.556. The van der Waals surface area contributed by atoms with Crippen molar-refractivity contribution < 1.29 is 9.59 Å². The minimum absolute atomic E-state index is 0.00670. The Morgan fingerprint density at radius 3 is 2.88 bits per heavy atom. The van der Waals surface area contributed by atoms with E-state index < -0.39 is 0 Å². The van der Waals surface area contributed by atoms with E-state index in [1.165, 1.54) is 0 Å². The zero-order valence-corrected chi connectivity index (χ0v) is 14.4. The number of fused-ring (bicyclic) bond motifs is 1. The Morgan fingerprint density at radius 1 is 1.24 bits per heavy atom. The number of aromatic nitrogens is 3. The van der Waals surface area contributed by atoms with Crippen LogP contribution in [0.4, 0.5) is 0 Å². The number of nitrogens with zero attached hydrogens (tertiary/aromatic N) is 4. The first-order chi connectivity index (χ1) is 12.1. The predicted octanol–water partition coefficient (Wildman–Crippen LogP) is 1.67. The molecular formula is C18H23N5O2. The standard InChI is InChI=1S/C18H23N5O2/c1-12(24)23-10-4-7-15(23)18(25)22-9-3-5-13(11-22)16-20-14-6-2-8-19-17(14)21-16/h2,6,8,13,15H,3-5,7,9-11H2,1H3,(H,19,20,21). The van der Waals surface area contributed by atoms with E-state index in [2.05, 4.69) is 15.0 Å². The van der Waals surface area contributed by atoms with Gasteiger partial charge in [-0.3, -0.25) is 9.59 Å². The Balaban J connectivity index is 1.50. The van der Waals surface area contributed by atoms with Crippen LogP contribution in [0.25, 0.3) is 11.2 Å². The highest BCUT2D eigenvalue weighted by Crippen LogP contribution is 2.28. The SMILES string of the molecule is CC(=O)N1CCCC1C(=O)N1CCCC(c2nc3ncccc3[nH]2)C1. The Hall–Kier alpha value is -2.44. The monoisotopic (exact) mass is 341 g/mol. The molecule has 1 N–H and O–H groups in total. The molecule has 2 saturated heterocycles. The van der Waals surface area contributed by atoms with Gasteiger partial charge < -0.3 is 14.8 Å². The molecule has 0 aromatic carbocycles. The highest BCUT2D eigenvalue weighted by atomic mass is 16.2. The molecule has 0 bridgehead atoms. The second kappa shape index (κ2) is 6.46. The van der Waals surface area contributed by atoms with E-state index in [-0.39, 0.29) is 23.8 Å². The van der Waals surface area contributed by atoms with Crippen LogP contribution in [0.1, 0.15) is 44.3 Å². The van der Waals surface area contributed by atoms with Crippen molar-refractivity contribution in [1.29, 1.82) is 0 Å². The number of nitrogens with one attached hydrogen (secondary N) is 1. The molecule has 2 amide bonds. The number of pyridine rings is 1. The van der Waals surface area contributed by atoms with Crippen LogP contribution in [0.5, 0.6) is 0 Å². The summed E-state index contributed by atoms with van der Waals surface area (Å²) in [5, 5.41) is 0. The van der Waals surface area contributed by atoms with Crippen LogP contribution in [0.2, 0.25) is 0 Å². The molecule has 0 spiro atoms. The lowest BCUT2D eigenvalue weighted by atomic mass is 9.96. The molecule has 132 valence electrons. The number of piperidine rings is 1. The van der Waals surface area contributed by atoms with Crippen LogP contribution in [0.15, 0.2) is 18.3 Å². The quantitative estimate of drug-likeness (QED) is 0.901. The van der Waals surface area contributed by atoms with Crippen molar-refractivity contribution in [2.45, 2.75) is 44.6 Å². The molecule has 2 atom stereocenters. The van der Waals surface area contributed by atoms with E-state index in [4.69, 9.17) is 0 Å². The minimum Gasteiger partial charge on any atom is -0.340 e. The average Bonchev–Trinajstić information content (AvgIpc) is 3.28. The van der Waals surface area contributed by atoms with Crippen molar-refractivity contribution in [3.05, 3.63) is 24.2 Å². The molecule has 2 aromatic rings. The van der Waals surface area contributed by atoms with E-state index in [1.807, 2.05) is 17.0 Å². The number of hydrogen-bond acceptors (Lipinski definition) is 4. The summed E-state index contributed by atoms with van der Waals surface area (Å²) in [5.74, 6) is 1.18. The molecular weight excluding hydrogens is 318 g/mol. The summed E-state index contributed by atoms with van der Waals surface area (Å²) in [4.78, 5) is 40.6. The van der Waals surface area contributed by atoms with Gasteiger partial charge in [-0.15, -0.1) is 0 Å². The number of likely N-dealkylation sites (tertiary alicyclic amines) is 2. The molecule has 4 heterocycles. The smallest absolute Gasteiger partial charge is 0.245 e. The number of amides is 2. The highest BCUT2D eigenvalue weighted by molar-refractivity contribution is 5.87. The van der Waals surface area contributed by atoms with Crippen LogP contribution in [-0.2, 0) is 9.59 Å². The van der Waals surface area contributed by atoms with E-state index in [9.17, 15) is 9.59 Å². The fourth-order valence-corrected chi connectivity index (χ4v) is 4.07. The third-order valence-corrected chi connectivity index (χ3v) is 5.34. The molecule has 2 unspecified atom stereocenters. The lowest BCUT2D eigenvalue weighted by Crippen LogP contribution is -2.49. The van der Waals surface area contributed by atoms with Gasteiger partial charge in [0.15, 0.2) is 5.65 Å². The summed E-state index contributed by atoms with van der Waals surface area (Å²) in [7, 11) is 0. The van der Waals surface area contributed by atoms with Gasteiger partial charge in [0, 0.05) is 38.7 Å². The maximum atomic E-state index is 13.0. The number of hydrogen-bond donors (Lipinski definition) is 1. The Morgan fingerprint density at radius 2 is 2.08 bits per heavy atom. The normalized spacial score (nSPS) is 24.0. The average molecular weight is 341 g/mol. The number of imidazole rings is 1. The fourth-order valence-electron chi connectivity index (χ4n) is 4.07. The summed E-state index contributed by atoms with van der Waals surface area (Å²) in [6.45, 7) is 3.65. The molecule has 2 aromatic heterocycles. The van der Waals surface area contributed by atoms with Crippen molar-refractivity contribution >= 4 is 23.0 Å². The number of rotatable bonds is 2. The summed E-state index contributed by atoms with van der Waals surface area (Å²) in [6.07, 6.45) is 5.37. The maximum absolute atomic E-state index is 13.0. The number of aromatic amines is 1. The van der Waals surface area contributed by atoms with Gasteiger partial charge in [-0.05, 0) is 37.8 Å². The lowest BCUT2D eigenvalue weighted by Gasteiger charge is -2.35. The van der Waals surface area contributed by atoms with Gasteiger partial charge in [-0.25, -0.2) is 9.97 Å². The molecule has 4 rings (SSSR count). The Bertz CT molecular complexity index is 769. The van der Waals surface area contributed by atoms with E-state index in [0.717, 1.165) is 49.2 Å². The molecule has 0 aliphatic carbocycles. The van der Waals surface area contributed by atoms with Crippen LogP contribution in [-0.4, -0.2) is 62.2 Å². The van der Waals surface area contributed by atoms with Gasteiger partial charge in [0.2, 0.25) is 11.8 Å². The van der Waals surface area contributed by atoms with Crippen molar-refractivity contribution in [1.82, 2.24) is 24.8 Å². The molecule has 0 radical (unpaired) electrons. The van der Waals surface area contributed by atoms with E-state index >= 15 is 0 Å². The van der Waals surface area contributed by atoms with Gasteiger partial charge in [0.25, 0.3) is 0 Å². The first-order valence-corrected chi connectivity index (χ1v) is 9.00. The molecule has 7 nitrogen and oxygen atoms in total. The topological polar surface area (TPSA) is 82.2 Å². The van der Waals surface area contributed by atoms with Crippen molar-refractivity contribution in [3.8, 4) is 0 Å². The lowest BCUT2D eigenvalue weighted by molar-refractivity contribution is -0.143. The molecule has 7 heteroatoms. The van der Waals surface area contributed by atoms with Gasteiger partial charge >= 0.3 is 0 Å². The third kappa shape index (κ3) is 2.99. The molecule has 25 heavy (non-hydrogen) atoms. The highest BCUT2D eigenvalue weighted by Gasteiger charge is 2.37. The largest absolute Gasteiger partial charge is 0.340 e. The summed E-state index contributed by atoms with van der Waals surface area (Å²) in [6, 6.07) is 3.57. The minimum atomic E-state index is -0.284. The second-order valence-corrected chi connectivity index (χ2v) is 6.99. The van der Waals surface area contributed by atoms with Gasteiger partial charge in [0.05, 0.1) is 5.52 Å². The van der Waals surface area contributed by atoms with Crippen LogP contribution >= 0.6 is 0 Å². The molecule has 2 fully saturated rings. The summed E-state index contributed by atoms with van der Waals surface area (Å²) in [5.41, 5.74) is 1.65. The second-order valence-electron chi connectivity index (χ2n) is 6.99.